The maximum atomic E-state index is 13.4. The highest BCUT2D eigenvalue weighted by atomic mass is 35.5. The van der Waals surface area contributed by atoms with E-state index in [1.807, 2.05) is 12.1 Å². The predicted octanol–water partition coefficient (Wildman–Crippen LogP) is 11.1. The van der Waals surface area contributed by atoms with Gasteiger partial charge in [-0.3, -0.25) is 28.8 Å². The molecule has 5 rings (SSSR count). The van der Waals surface area contributed by atoms with Gasteiger partial charge in [0.25, 0.3) is 23.6 Å². The Morgan fingerprint density at radius 3 is 1.39 bits per heavy atom. The first-order valence-electron chi connectivity index (χ1n) is 18.4. The molecule has 0 heterocycles. The number of nitrogens with zero attached hydrogens (tertiary/aromatic N) is 4. The summed E-state index contributed by atoms with van der Waals surface area (Å²) in [5.74, 6) is -3.70. The first-order valence-corrected chi connectivity index (χ1v) is 20.7. The van der Waals surface area contributed by atoms with Gasteiger partial charge in [0.2, 0.25) is 12.1 Å². The van der Waals surface area contributed by atoms with E-state index in [0.717, 1.165) is 25.0 Å². The van der Waals surface area contributed by atoms with Crippen LogP contribution in [0, 0.1) is 0 Å². The molecular weight excluding hydrogens is 902 g/mol. The van der Waals surface area contributed by atoms with Gasteiger partial charge < -0.3 is 21.3 Å². The van der Waals surface area contributed by atoms with Crippen molar-refractivity contribution in [2.45, 2.75) is 43.6 Å². The van der Waals surface area contributed by atoms with Crippen molar-refractivity contribution in [1.29, 1.82) is 0 Å². The van der Waals surface area contributed by atoms with E-state index in [4.69, 9.17) is 58.0 Å². The number of benzene rings is 5. The first-order chi connectivity index (χ1) is 29.7. The molecule has 0 aliphatic carbocycles. The molecule has 0 fully saturated rings. The summed E-state index contributed by atoms with van der Waals surface area (Å²) in [6.45, 7) is 2.31. The predicted molar refractivity (Wildman–Crippen MR) is 242 cm³/mol. The number of halogens is 5. The summed E-state index contributed by atoms with van der Waals surface area (Å²) in [7, 11) is 0. The van der Waals surface area contributed by atoms with Crippen LogP contribution >= 0.6 is 58.0 Å². The minimum absolute atomic E-state index is 0.0300. The molecule has 4 amide bonds. The summed E-state index contributed by atoms with van der Waals surface area (Å²) in [5, 5.41) is 26.5. The Morgan fingerprint density at radius 2 is 0.952 bits per heavy atom. The van der Waals surface area contributed by atoms with Gasteiger partial charge in [-0.1, -0.05) is 59.6 Å². The SMILES string of the molecule is CC(=O)C(N=Nc1cccc(C(=O)Nc2cccc(CCl)c2)c1Cl)C(=O)Nc1ccc(NC(=O)C(N=Nc2cccc(C(=O)Nc3cccc(CCl)c3)c2Cl)C(C)=O)c(CCl)c1. The molecule has 62 heavy (non-hydrogen) atoms. The molecule has 0 spiro atoms. The van der Waals surface area contributed by atoms with Crippen LogP contribution in [0.5, 0.6) is 0 Å². The largest absolute Gasteiger partial charge is 0.324 e. The summed E-state index contributed by atoms with van der Waals surface area (Å²) in [4.78, 5) is 77.9. The molecule has 2 atom stereocenters. The fraction of sp³-hybridized carbons (Fsp3) is 0.163. The average molecular weight is 937 g/mol. The minimum Gasteiger partial charge on any atom is -0.324 e. The molecule has 318 valence electrons. The van der Waals surface area contributed by atoms with Gasteiger partial charge >= 0.3 is 0 Å². The normalized spacial score (nSPS) is 12.1. The monoisotopic (exact) mass is 934 g/mol. The molecule has 0 aromatic heterocycles. The Kier molecular flexibility index (Phi) is 16.8. The number of azo groups is 2. The number of carbonyl (C=O) groups excluding carboxylic acids is 6. The van der Waals surface area contributed by atoms with Crippen molar-refractivity contribution in [3.63, 3.8) is 0 Å². The third-order valence-electron chi connectivity index (χ3n) is 8.73. The minimum atomic E-state index is -1.62. The van der Waals surface area contributed by atoms with Crippen LogP contribution in [-0.2, 0) is 36.8 Å². The number of hydrogen-bond acceptors (Lipinski definition) is 10. The third-order valence-corrected chi connectivity index (χ3v) is 10.4. The molecule has 14 nitrogen and oxygen atoms in total. The van der Waals surface area contributed by atoms with E-state index in [1.165, 1.54) is 54.6 Å². The topological polar surface area (TPSA) is 200 Å². The highest BCUT2D eigenvalue weighted by Crippen LogP contribution is 2.32. The lowest BCUT2D eigenvalue weighted by Gasteiger charge is -2.15. The summed E-state index contributed by atoms with van der Waals surface area (Å²) >= 11 is 31.0. The number of ketones is 2. The van der Waals surface area contributed by atoms with Crippen molar-refractivity contribution in [3.05, 3.63) is 141 Å². The Balaban J connectivity index is 1.26. The van der Waals surface area contributed by atoms with Gasteiger partial charge in [-0.2, -0.15) is 20.5 Å². The zero-order valence-electron chi connectivity index (χ0n) is 32.7. The second-order valence-corrected chi connectivity index (χ2v) is 14.9. The van der Waals surface area contributed by atoms with Crippen LogP contribution in [0.25, 0.3) is 0 Å². The molecule has 19 heteroatoms. The van der Waals surface area contributed by atoms with E-state index < -0.39 is 47.3 Å². The lowest BCUT2D eigenvalue weighted by Crippen LogP contribution is -2.32. The molecule has 0 aliphatic rings. The molecule has 0 saturated heterocycles. The zero-order valence-corrected chi connectivity index (χ0v) is 36.5. The van der Waals surface area contributed by atoms with Crippen molar-refractivity contribution < 1.29 is 28.8 Å². The Hall–Kier alpha value is -6.03. The molecule has 0 saturated carbocycles. The molecule has 2 unspecified atom stereocenters. The molecule has 5 aromatic carbocycles. The van der Waals surface area contributed by atoms with Crippen molar-refractivity contribution in [2.24, 2.45) is 20.5 Å². The number of alkyl halides is 3. The number of rotatable bonds is 17. The summed E-state index contributed by atoms with van der Waals surface area (Å²) in [6, 6.07) is 23.9. The van der Waals surface area contributed by atoms with Gasteiger partial charge in [0.05, 0.1) is 21.2 Å². The van der Waals surface area contributed by atoms with Crippen LogP contribution in [0.3, 0.4) is 0 Å². The number of nitrogens with one attached hydrogen (secondary N) is 4. The van der Waals surface area contributed by atoms with E-state index in [-0.39, 0.29) is 61.6 Å². The Labute approximate surface area is 380 Å². The average Bonchev–Trinajstić information content (AvgIpc) is 3.25. The second kappa shape index (κ2) is 22.2. The fourth-order valence-electron chi connectivity index (χ4n) is 5.60. The first kappa shape index (κ1) is 47.0. The lowest BCUT2D eigenvalue weighted by atomic mass is 10.1. The number of carbonyl (C=O) groups is 6. The Morgan fingerprint density at radius 1 is 0.516 bits per heavy atom. The molecule has 0 radical (unpaired) electrons. The zero-order chi connectivity index (χ0) is 44.9. The molecular formula is C43H35Cl5N8O6. The van der Waals surface area contributed by atoms with Crippen molar-refractivity contribution in [2.75, 3.05) is 21.3 Å². The van der Waals surface area contributed by atoms with Crippen molar-refractivity contribution >= 4 is 127 Å². The van der Waals surface area contributed by atoms with Gasteiger partial charge in [-0.15, -0.1) is 34.8 Å². The van der Waals surface area contributed by atoms with Crippen LogP contribution < -0.4 is 21.3 Å². The lowest BCUT2D eigenvalue weighted by molar-refractivity contribution is -0.127. The number of amides is 4. The molecule has 4 N–H and O–H groups in total. The van der Waals surface area contributed by atoms with Gasteiger partial charge in [-0.25, -0.2) is 0 Å². The van der Waals surface area contributed by atoms with Crippen LogP contribution in [0.2, 0.25) is 10.0 Å². The van der Waals surface area contributed by atoms with Crippen LogP contribution in [0.1, 0.15) is 51.3 Å². The molecule has 0 aliphatic heterocycles. The van der Waals surface area contributed by atoms with E-state index in [2.05, 4.69) is 41.7 Å². The Bertz CT molecular complexity index is 2610. The standard InChI is InChI=1S/C43H35Cl5N8O6/c1-23(57)38(55-53-34-13-5-11-31(36(34)47)40(59)49-28-9-3-7-25(17-28)20-44)42(61)51-30-15-16-33(27(19-30)22-46)52-43(62)39(24(2)58)56-54-35-14-6-12-32(37(35)48)41(60)50-29-10-4-8-26(18-29)21-45/h3-19,38-39H,20-22H2,1-2H3,(H,49,59)(H,50,60)(H,51,61)(H,52,62). The number of hydrogen-bond donors (Lipinski definition) is 4. The summed E-state index contributed by atoms with van der Waals surface area (Å²) < 4.78 is 0. The van der Waals surface area contributed by atoms with E-state index in [1.54, 1.807) is 36.4 Å². The maximum absolute atomic E-state index is 13.4. The molecule has 0 bridgehead atoms. The van der Waals surface area contributed by atoms with Gasteiger partial charge in [-0.05, 0) is 97.3 Å². The highest BCUT2D eigenvalue weighted by Gasteiger charge is 2.26. The highest BCUT2D eigenvalue weighted by molar-refractivity contribution is 6.37. The van der Waals surface area contributed by atoms with Gasteiger partial charge in [0.15, 0.2) is 11.6 Å². The smallest absolute Gasteiger partial charge is 0.258 e. The van der Waals surface area contributed by atoms with Crippen molar-refractivity contribution in [1.82, 2.24) is 0 Å². The quantitative estimate of drug-likeness (QED) is 0.0406. The third kappa shape index (κ3) is 12.3. The number of anilines is 4. The summed E-state index contributed by atoms with van der Waals surface area (Å²) in [6.07, 6.45) is 0. The second-order valence-electron chi connectivity index (χ2n) is 13.3. The van der Waals surface area contributed by atoms with Crippen LogP contribution in [0.15, 0.2) is 124 Å². The van der Waals surface area contributed by atoms with E-state index in [0.29, 0.717) is 16.9 Å². The summed E-state index contributed by atoms with van der Waals surface area (Å²) in [5.41, 5.74) is 3.50. The van der Waals surface area contributed by atoms with Crippen LogP contribution in [0.4, 0.5) is 34.1 Å². The fourth-order valence-corrected chi connectivity index (χ4v) is 6.65. The van der Waals surface area contributed by atoms with E-state index >= 15 is 0 Å². The maximum Gasteiger partial charge on any atom is 0.258 e. The number of Topliss-reactive ketones (excluding diaryl/α,β-unsaturated/α-hetero) is 2. The molecule has 5 aromatic rings. The van der Waals surface area contributed by atoms with Gasteiger partial charge in [0, 0.05) is 40.4 Å². The van der Waals surface area contributed by atoms with Crippen molar-refractivity contribution in [3.8, 4) is 0 Å². The van der Waals surface area contributed by atoms with Crippen LogP contribution in [-0.4, -0.2) is 47.3 Å². The van der Waals surface area contributed by atoms with Gasteiger partial charge in [0.1, 0.15) is 11.4 Å². The van der Waals surface area contributed by atoms with E-state index in [9.17, 15) is 28.8 Å².